The fourth-order valence-corrected chi connectivity index (χ4v) is 11.9. The lowest BCUT2D eigenvalue weighted by Crippen LogP contribution is -2.57. The largest absolute Gasteiger partial charge is 0.507 e. The van der Waals surface area contributed by atoms with Crippen molar-refractivity contribution in [2.45, 2.75) is 125 Å². The summed E-state index contributed by atoms with van der Waals surface area (Å²) in [7, 11) is 2.56. The highest BCUT2D eigenvalue weighted by atomic mass is 16.7. The first kappa shape index (κ1) is 53.6. The number of ether oxygens (including phenoxy) is 6. The van der Waals surface area contributed by atoms with E-state index in [1.165, 1.54) is 64.5 Å². The number of carbonyl (C=O) groups is 6. The third-order valence-corrected chi connectivity index (χ3v) is 15.9. The minimum absolute atomic E-state index is 0.00123. The van der Waals surface area contributed by atoms with Crippen LogP contribution in [0.5, 0.6) is 34.5 Å². The van der Waals surface area contributed by atoms with E-state index >= 15 is 0 Å². The molecule has 23 heteroatoms. The van der Waals surface area contributed by atoms with E-state index < -0.39 is 191 Å². The Kier molecular flexibility index (Phi) is 13.7. The molecule has 2 fully saturated rings. The first-order valence-corrected chi connectivity index (χ1v) is 24.8. The number of aromatic hydroxyl groups is 4. The number of rotatable bonds is 12. The molecule has 0 amide bonds. The molecule has 0 spiro atoms. The van der Waals surface area contributed by atoms with Gasteiger partial charge in [0.05, 0.1) is 90.8 Å². The number of nitrogens with one attached hydrogen (secondary N) is 1. The summed E-state index contributed by atoms with van der Waals surface area (Å²) in [5.41, 5.74) is -2.93. The molecule has 0 radical (unpaired) electrons. The molecule has 2 heterocycles. The predicted octanol–water partition coefficient (Wildman–Crippen LogP) is 0.655. The number of hydrogen-bond acceptors (Lipinski definition) is 23. The lowest BCUT2D eigenvalue weighted by atomic mass is 9.71. The van der Waals surface area contributed by atoms with Gasteiger partial charge in [0.15, 0.2) is 35.7 Å². The van der Waals surface area contributed by atoms with Crippen molar-refractivity contribution in [3.63, 3.8) is 0 Å². The fraction of sp³-hybridized carbons (Fsp3) is 0.444. The van der Waals surface area contributed by atoms with E-state index in [9.17, 15) is 74.7 Å². The molecular formula is C54H56N2O21. The number of nitrogens with two attached hydrogens (primary N) is 1. The lowest BCUT2D eigenvalue weighted by Gasteiger charge is -2.43. The number of hydrogen-bond donors (Lipinski definition) is 11. The van der Waals surface area contributed by atoms with Crippen LogP contribution in [-0.2, 0) is 41.4 Å². The van der Waals surface area contributed by atoms with Crippen LogP contribution in [0.15, 0.2) is 36.4 Å². The van der Waals surface area contributed by atoms with Crippen LogP contribution >= 0.6 is 0 Å². The van der Waals surface area contributed by atoms with Crippen molar-refractivity contribution in [3.8, 4) is 34.5 Å². The molecular weight excluding hydrogens is 1010 g/mol. The summed E-state index contributed by atoms with van der Waals surface area (Å²) in [6.45, 7) is 1.11. The highest BCUT2D eigenvalue weighted by Crippen LogP contribution is 2.55. The van der Waals surface area contributed by atoms with E-state index in [4.69, 9.17) is 34.2 Å². The molecule has 0 aromatic heterocycles. The van der Waals surface area contributed by atoms with Gasteiger partial charge < -0.3 is 85.4 Å². The van der Waals surface area contributed by atoms with Crippen molar-refractivity contribution in [2.24, 2.45) is 5.73 Å². The van der Waals surface area contributed by atoms with Crippen LogP contribution in [0, 0.1) is 0 Å². The van der Waals surface area contributed by atoms with Gasteiger partial charge in [0.1, 0.15) is 52.3 Å². The number of phenolic OH excluding ortho intramolecular Hbond substituents is 4. The molecule has 12 N–H and O–H groups in total. The molecule has 0 bridgehead atoms. The second kappa shape index (κ2) is 19.6. The Bertz CT molecular complexity index is 3200. The Hall–Kier alpha value is -6.74. The summed E-state index contributed by atoms with van der Waals surface area (Å²) in [5.74, 6) is -8.76. The van der Waals surface area contributed by atoms with Gasteiger partial charge in [0.25, 0.3) is 0 Å². The Morgan fingerprint density at radius 1 is 0.636 bits per heavy atom. The highest BCUT2D eigenvalue weighted by molar-refractivity contribution is 6.32. The van der Waals surface area contributed by atoms with Crippen LogP contribution in [0.25, 0.3) is 0 Å². The van der Waals surface area contributed by atoms with Gasteiger partial charge in [-0.1, -0.05) is 24.3 Å². The van der Waals surface area contributed by atoms with Crippen molar-refractivity contribution >= 4 is 34.7 Å². The van der Waals surface area contributed by atoms with Gasteiger partial charge in [-0.15, -0.1) is 0 Å². The maximum absolute atomic E-state index is 14.6. The molecule has 408 valence electrons. The Morgan fingerprint density at radius 2 is 1.06 bits per heavy atom. The second-order valence-electron chi connectivity index (χ2n) is 20.5. The molecule has 4 aliphatic carbocycles. The van der Waals surface area contributed by atoms with Gasteiger partial charge in [0, 0.05) is 84.0 Å². The van der Waals surface area contributed by atoms with Crippen molar-refractivity contribution < 1.29 is 103 Å². The number of ketones is 6. The number of aliphatic hydroxyl groups is 5. The van der Waals surface area contributed by atoms with Crippen molar-refractivity contribution in [1.29, 1.82) is 0 Å². The number of carbonyl (C=O) groups excluding carboxylic acids is 6. The van der Waals surface area contributed by atoms with Gasteiger partial charge in [-0.25, -0.2) is 0 Å². The van der Waals surface area contributed by atoms with Gasteiger partial charge in [-0.3, -0.25) is 28.8 Å². The zero-order chi connectivity index (χ0) is 55.5. The van der Waals surface area contributed by atoms with E-state index in [0.29, 0.717) is 0 Å². The van der Waals surface area contributed by atoms with Crippen molar-refractivity contribution in [3.05, 3.63) is 103 Å². The monoisotopic (exact) mass is 1070 g/mol. The molecule has 10 rings (SSSR count). The standard InChI is InChI=1S/C54H56N2O21/c1-19-43(60)25(55)11-33(74-19)76-29-15-53(70,13-23-37(29)51(68)41-39(47(23)64)45(62)21-7-5-9-27(72-3)35(21)49(41)66)31(58)17-56-26-12-34(75-20(2)44(26)61)77-30-16-54(71,32(59)18-57)14-24-38(30)52(69)42-40(48(24)65)46(63)22-8-6-10-28(73-4)36(22)50(42)67/h5-10,19-20,25-26,29-30,33-34,43-44,56-57,60-61,64-65,68-71H,11-18,55H2,1-4H3/t19?,20-,25+,26+,29-,30-,33?,34+,43+,44?,53-,54-/m0/s1. The molecule has 77 heavy (non-hydrogen) atoms. The SMILES string of the molecule is COc1cccc2c1C(=O)c1c(O)c3c(c(O)c1C2=O)C[C@@](O)(C(=O)CN[C@@H]1C[C@@H](O[C@H]2C[C@](O)(C(=O)CO)Cc4c(O)c5c(c(O)c42)C(=O)c2c(OC)cccc2C5=O)O[C@@H](C)C1O)C[C@@H]3OC1C[C@@H](N)[C@H](O)C(C)O1. The Labute approximate surface area is 437 Å². The molecule has 2 aliphatic heterocycles. The maximum Gasteiger partial charge on any atom is 0.202 e. The number of benzene rings is 4. The molecule has 0 saturated carbocycles. The topological polar surface area (TPSA) is 378 Å². The van der Waals surface area contributed by atoms with Crippen LogP contribution in [0.3, 0.4) is 0 Å². The molecule has 6 aliphatic rings. The Balaban J connectivity index is 0.949. The molecule has 23 nitrogen and oxygen atoms in total. The fourth-order valence-electron chi connectivity index (χ4n) is 11.9. The molecule has 4 aromatic carbocycles. The van der Waals surface area contributed by atoms with Gasteiger partial charge in [-0.05, 0) is 26.0 Å². The third-order valence-electron chi connectivity index (χ3n) is 15.9. The van der Waals surface area contributed by atoms with Gasteiger partial charge in [0.2, 0.25) is 11.6 Å². The summed E-state index contributed by atoms with van der Waals surface area (Å²) in [6, 6.07) is 6.45. The zero-order valence-electron chi connectivity index (χ0n) is 41.9. The lowest BCUT2D eigenvalue weighted by molar-refractivity contribution is -0.250. The summed E-state index contributed by atoms with van der Waals surface area (Å²) in [6.07, 6.45) is -13.5. The van der Waals surface area contributed by atoms with E-state index in [1.54, 1.807) is 0 Å². The maximum atomic E-state index is 14.6. The Morgan fingerprint density at radius 3 is 1.51 bits per heavy atom. The third kappa shape index (κ3) is 8.48. The van der Waals surface area contributed by atoms with E-state index in [0.717, 1.165) is 0 Å². The van der Waals surface area contributed by atoms with Crippen LogP contribution in [0.4, 0.5) is 0 Å². The molecule has 2 saturated heterocycles. The molecule has 3 unspecified atom stereocenters. The van der Waals surface area contributed by atoms with Gasteiger partial charge in [-0.2, -0.15) is 0 Å². The second-order valence-corrected chi connectivity index (χ2v) is 20.5. The normalized spacial score (nSPS) is 30.3. The van der Waals surface area contributed by atoms with Crippen LogP contribution in [-0.4, -0.2) is 168 Å². The first-order valence-electron chi connectivity index (χ1n) is 24.8. The summed E-state index contributed by atoms with van der Waals surface area (Å²) >= 11 is 0. The quantitative estimate of drug-likeness (QED) is 0.0750. The molecule has 4 aromatic rings. The average Bonchev–Trinajstić information content (AvgIpc) is 3.43. The minimum Gasteiger partial charge on any atom is -0.507 e. The zero-order valence-corrected chi connectivity index (χ0v) is 41.9. The van der Waals surface area contributed by atoms with E-state index in [-0.39, 0.29) is 68.8 Å². The van der Waals surface area contributed by atoms with Gasteiger partial charge >= 0.3 is 0 Å². The number of Topliss-reactive ketones (excluding diaryl/α,β-unsaturated/α-hetero) is 2. The van der Waals surface area contributed by atoms with E-state index in [1.807, 2.05) is 0 Å². The number of aliphatic hydroxyl groups excluding tert-OH is 3. The number of phenols is 4. The number of methoxy groups -OCH3 is 2. The average molecular weight is 1070 g/mol. The van der Waals surface area contributed by atoms with Crippen LogP contribution in [0.1, 0.15) is 138 Å². The summed E-state index contributed by atoms with van der Waals surface area (Å²) in [5, 5.41) is 107. The van der Waals surface area contributed by atoms with Crippen LogP contribution in [0.2, 0.25) is 0 Å². The molecule has 12 atom stereocenters. The van der Waals surface area contributed by atoms with Crippen LogP contribution < -0.4 is 20.5 Å². The van der Waals surface area contributed by atoms with E-state index in [2.05, 4.69) is 5.32 Å². The smallest absolute Gasteiger partial charge is 0.202 e. The summed E-state index contributed by atoms with van der Waals surface area (Å²) in [4.78, 5) is 84.2. The highest BCUT2D eigenvalue weighted by Gasteiger charge is 2.53. The van der Waals surface area contributed by atoms with Crippen molar-refractivity contribution in [2.75, 3.05) is 27.4 Å². The summed E-state index contributed by atoms with van der Waals surface area (Å²) < 4.78 is 35.3. The van der Waals surface area contributed by atoms with Crippen molar-refractivity contribution in [1.82, 2.24) is 5.32 Å². The first-order chi connectivity index (χ1) is 36.5. The number of fused-ring (bicyclic) bond motifs is 6. The minimum atomic E-state index is -2.48. The predicted molar refractivity (Wildman–Crippen MR) is 260 cm³/mol.